The highest BCUT2D eigenvalue weighted by Crippen LogP contribution is 2.18. The van der Waals surface area contributed by atoms with Crippen LogP contribution < -0.4 is 5.32 Å². The number of hydrogen-bond acceptors (Lipinski definition) is 2. The topological polar surface area (TPSA) is 53.1 Å². The second-order valence-corrected chi connectivity index (χ2v) is 3.03. The molecule has 0 aliphatic carbocycles. The molecule has 0 aliphatic heterocycles. The van der Waals surface area contributed by atoms with E-state index in [1.54, 1.807) is 12.5 Å². The van der Waals surface area contributed by atoms with Crippen molar-refractivity contribution in [2.45, 2.75) is 0 Å². The van der Waals surface area contributed by atoms with E-state index >= 15 is 0 Å². The first-order chi connectivity index (χ1) is 7.40. The van der Waals surface area contributed by atoms with Crippen LogP contribution in [0, 0.1) is 0 Å². The van der Waals surface area contributed by atoms with Crippen LogP contribution in [0.5, 0.6) is 0 Å². The van der Waals surface area contributed by atoms with Crippen molar-refractivity contribution < 1.29 is 0 Å². The van der Waals surface area contributed by atoms with E-state index in [-0.39, 0.29) is 0 Å². The van der Waals surface area contributed by atoms with Gasteiger partial charge in [-0.1, -0.05) is 0 Å². The van der Waals surface area contributed by atoms with Crippen LogP contribution in [-0.4, -0.2) is 23.4 Å². The fourth-order valence-corrected chi connectivity index (χ4v) is 1.27. The summed E-state index contributed by atoms with van der Waals surface area (Å²) in [5.41, 5.74) is 1.98. The molecule has 1 aromatic carbocycles. The SMILES string of the molecule is CNC=Nc1ccc(-c2ncc[nH]2)cc1. The van der Waals surface area contributed by atoms with Crippen molar-refractivity contribution in [3.63, 3.8) is 0 Å². The number of aliphatic imine (C=N–C) groups is 1. The first-order valence-electron chi connectivity index (χ1n) is 4.70. The van der Waals surface area contributed by atoms with Gasteiger partial charge in [0.2, 0.25) is 0 Å². The molecule has 0 atom stereocenters. The maximum Gasteiger partial charge on any atom is 0.137 e. The van der Waals surface area contributed by atoms with Crippen molar-refractivity contribution in [3.8, 4) is 11.4 Å². The average molecular weight is 200 g/mol. The largest absolute Gasteiger partial charge is 0.379 e. The molecule has 2 rings (SSSR count). The van der Waals surface area contributed by atoms with Crippen LogP contribution >= 0.6 is 0 Å². The summed E-state index contributed by atoms with van der Waals surface area (Å²) in [6.45, 7) is 0. The van der Waals surface area contributed by atoms with Gasteiger partial charge >= 0.3 is 0 Å². The normalized spacial score (nSPS) is 10.7. The lowest BCUT2D eigenvalue weighted by molar-refractivity contribution is 1.21. The van der Waals surface area contributed by atoms with Gasteiger partial charge < -0.3 is 10.3 Å². The fraction of sp³-hybridized carbons (Fsp3) is 0.0909. The van der Waals surface area contributed by atoms with E-state index in [9.17, 15) is 0 Å². The highest BCUT2D eigenvalue weighted by atomic mass is 14.9. The van der Waals surface area contributed by atoms with E-state index in [4.69, 9.17) is 0 Å². The zero-order chi connectivity index (χ0) is 10.5. The van der Waals surface area contributed by atoms with E-state index in [2.05, 4.69) is 20.3 Å². The van der Waals surface area contributed by atoms with Crippen molar-refractivity contribution in [2.24, 2.45) is 4.99 Å². The molecule has 0 radical (unpaired) electrons. The zero-order valence-electron chi connectivity index (χ0n) is 8.44. The van der Waals surface area contributed by atoms with Crippen LogP contribution in [0.4, 0.5) is 5.69 Å². The molecule has 0 saturated carbocycles. The second kappa shape index (κ2) is 4.41. The fourth-order valence-electron chi connectivity index (χ4n) is 1.27. The minimum Gasteiger partial charge on any atom is -0.379 e. The molecule has 0 saturated heterocycles. The van der Waals surface area contributed by atoms with Gasteiger partial charge in [0.1, 0.15) is 5.82 Å². The summed E-state index contributed by atoms with van der Waals surface area (Å²) >= 11 is 0. The van der Waals surface area contributed by atoms with Gasteiger partial charge in [-0.3, -0.25) is 0 Å². The third-order valence-electron chi connectivity index (χ3n) is 1.98. The first kappa shape index (κ1) is 9.45. The van der Waals surface area contributed by atoms with E-state index in [0.717, 1.165) is 17.1 Å². The lowest BCUT2D eigenvalue weighted by atomic mass is 10.2. The predicted octanol–water partition coefficient (Wildman–Crippen LogP) is 1.96. The number of aromatic amines is 1. The summed E-state index contributed by atoms with van der Waals surface area (Å²) in [6, 6.07) is 7.87. The monoisotopic (exact) mass is 200 g/mol. The van der Waals surface area contributed by atoms with Crippen LogP contribution in [0.15, 0.2) is 41.7 Å². The average Bonchev–Trinajstić information content (AvgIpc) is 2.80. The molecule has 15 heavy (non-hydrogen) atoms. The number of nitrogens with zero attached hydrogens (tertiary/aromatic N) is 2. The van der Waals surface area contributed by atoms with Gasteiger partial charge in [0, 0.05) is 25.0 Å². The van der Waals surface area contributed by atoms with Crippen molar-refractivity contribution in [1.29, 1.82) is 0 Å². The number of rotatable bonds is 3. The molecule has 0 aliphatic rings. The van der Waals surface area contributed by atoms with Crippen LogP contribution in [0.1, 0.15) is 0 Å². The summed E-state index contributed by atoms with van der Waals surface area (Å²) in [5, 5.41) is 2.85. The minimum atomic E-state index is 0.874. The van der Waals surface area contributed by atoms with Gasteiger partial charge in [-0.25, -0.2) is 9.98 Å². The Morgan fingerprint density at radius 3 is 2.73 bits per heavy atom. The van der Waals surface area contributed by atoms with E-state index in [1.165, 1.54) is 0 Å². The number of H-pyrrole nitrogens is 1. The highest BCUT2D eigenvalue weighted by Gasteiger charge is 1.98. The Bertz CT molecular complexity index is 428. The van der Waals surface area contributed by atoms with Gasteiger partial charge in [-0.2, -0.15) is 0 Å². The van der Waals surface area contributed by atoms with Gasteiger partial charge in [0.25, 0.3) is 0 Å². The van der Waals surface area contributed by atoms with E-state index in [0.29, 0.717) is 0 Å². The molecule has 0 spiro atoms. The predicted molar refractivity (Wildman–Crippen MR) is 61.2 cm³/mol. The lowest BCUT2D eigenvalue weighted by Gasteiger charge is -1.97. The zero-order valence-corrected chi connectivity index (χ0v) is 8.44. The van der Waals surface area contributed by atoms with Gasteiger partial charge in [-0.15, -0.1) is 0 Å². The summed E-state index contributed by atoms with van der Waals surface area (Å²) < 4.78 is 0. The lowest BCUT2D eigenvalue weighted by Crippen LogP contribution is -1.99. The molecule has 1 aromatic heterocycles. The van der Waals surface area contributed by atoms with Crippen molar-refractivity contribution in [3.05, 3.63) is 36.7 Å². The smallest absolute Gasteiger partial charge is 0.137 e. The Kier molecular flexibility index (Phi) is 2.78. The third-order valence-corrected chi connectivity index (χ3v) is 1.98. The molecule has 76 valence electrons. The van der Waals surface area contributed by atoms with Crippen LogP contribution in [0.2, 0.25) is 0 Å². The molecule has 2 aromatic rings. The quantitative estimate of drug-likeness (QED) is 0.587. The van der Waals surface area contributed by atoms with E-state index in [1.807, 2.05) is 37.5 Å². The van der Waals surface area contributed by atoms with Gasteiger partial charge in [0.05, 0.1) is 12.0 Å². The highest BCUT2D eigenvalue weighted by molar-refractivity contribution is 5.63. The molecule has 2 N–H and O–H groups in total. The molecular formula is C11H12N4. The van der Waals surface area contributed by atoms with Crippen LogP contribution in [-0.2, 0) is 0 Å². The molecular weight excluding hydrogens is 188 g/mol. The van der Waals surface area contributed by atoms with Gasteiger partial charge in [0.15, 0.2) is 0 Å². The van der Waals surface area contributed by atoms with Crippen LogP contribution in [0.3, 0.4) is 0 Å². The number of hydrogen-bond donors (Lipinski definition) is 2. The molecule has 4 nitrogen and oxygen atoms in total. The van der Waals surface area contributed by atoms with E-state index < -0.39 is 0 Å². The summed E-state index contributed by atoms with van der Waals surface area (Å²) in [5.74, 6) is 0.874. The number of benzene rings is 1. The number of aromatic nitrogens is 2. The number of imidazole rings is 1. The Morgan fingerprint density at radius 2 is 2.13 bits per heavy atom. The van der Waals surface area contributed by atoms with Crippen LogP contribution in [0.25, 0.3) is 11.4 Å². The molecule has 1 heterocycles. The molecule has 4 heteroatoms. The van der Waals surface area contributed by atoms with Crippen molar-refractivity contribution >= 4 is 12.0 Å². The summed E-state index contributed by atoms with van der Waals surface area (Å²) in [7, 11) is 1.82. The van der Waals surface area contributed by atoms with Crippen molar-refractivity contribution in [1.82, 2.24) is 15.3 Å². The first-order valence-corrected chi connectivity index (χ1v) is 4.70. The second-order valence-electron chi connectivity index (χ2n) is 3.03. The maximum absolute atomic E-state index is 4.18. The van der Waals surface area contributed by atoms with Crippen molar-refractivity contribution in [2.75, 3.05) is 7.05 Å². The molecule has 0 amide bonds. The Balaban J connectivity index is 2.21. The Labute approximate surface area is 88.1 Å². The Morgan fingerprint density at radius 1 is 1.33 bits per heavy atom. The molecule has 0 fully saturated rings. The maximum atomic E-state index is 4.18. The standard InChI is InChI=1S/C11H12N4/c1-12-8-15-10-4-2-9(3-5-10)11-13-6-7-14-11/h2-8H,1H3,(H,12,15)(H,13,14). The molecule has 0 unspecified atom stereocenters. The summed E-state index contributed by atoms with van der Waals surface area (Å²) in [6.07, 6.45) is 5.20. The van der Waals surface area contributed by atoms with Gasteiger partial charge in [-0.05, 0) is 24.3 Å². The summed E-state index contributed by atoms with van der Waals surface area (Å²) in [4.78, 5) is 11.4. The third kappa shape index (κ3) is 2.22. The minimum absolute atomic E-state index is 0.874. The number of nitrogens with one attached hydrogen (secondary N) is 2. The molecule has 0 bridgehead atoms. The Hall–Kier alpha value is -2.10.